The Bertz CT molecular complexity index is 960. The van der Waals surface area contributed by atoms with Crippen LogP contribution < -0.4 is 10.1 Å². The van der Waals surface area contributed by atoms with Gasteiger partial charge in [-0.15, -0.1) is 0 Å². The van der Waals surface area contributed by atoms with Gasteiger partial charge in [0.05, 0.1) is 12.8 Å². The van der Waals surface area contributed by atoms with Crippen LogP contribution in [0, 0.1) is 0 Å². The first-order valence-corrected chi connectivity index (χ1v) is 10.2. The molecule has 0 radical (unpaired) electrons. The van der Waals surface area contributed by atoms with E-state index in [2.05, 4.69) is 22.6 Å². The van der Waals surface area contributed by atoms with E-state index in [0.717, 1.165) is 24.2 Å². The van der Waals surface area contributed by atoms with E-state index >= 15 is 0 Å². The maximum absolute atomic E-state index is 12.7. The van der Waals surface area contributed by atoms with E-state index < -0.39 is 0 Å². The number of benzene rings is 2. The highest BCUT2D eigenvalue weighted by Gasteiger charge is 2.35. The lowest BCUT2D eigenvalue weighted by atomic mass is 9.74. The highest BCUT2D eigenvalue weighted by Crippen LogP contribution is 2.34. The van der Waals surface area contributed by atoms with Crippen molar-refractivity contribution in [3.8, 4) is 5.75 Å². The van der Waals surface area contributed by atoms with Crippen molar-refractivity contribution in [2.75, 3.05) is 26.9 Å². The fourth-order valence-electron chi connectivity index (χ4n) is 3.91. The number of methoxy groups -OCH3 is 1. The third kappa shape index (κ3) is 4.54. The first kappa shape index (κ1) is 20.2. The Morgan fingerprint density at radius 1 is 1.10 bits per heavy atom. The molecule has 6 nitrogen and oxygen atoms in total. The number of ether oxygens (including phenoxy) is 2. The summed E-state index contributed by atoms with van der Waals surface area (Å²) in [4.78, 5) is 12.7. The van der Waals surface area contributed by atoms with Crippen molar-refractivity contribution >= 4 is 5.91 Å². The van der Waals surface area contributed by atoms with Crippen LogP contribution in [0.1, 0.15) is 40.2 Å². The van der Waals surface area contributed by atoms with Crippen LogP contribution in [0.25, 0.3) is 0 Å². The lowest BCUT2D eigenvalue weighted by Gasteiger charge is -2.37. The van der Waals surface area contributed by atoms with E-state index in [0.29, 0.717) is 31.9 Å². The lowest BCUT2D eigenvalue weighted by molar-refractivity contribution is 0.0484. The Hall–Kier alpha value is -3.12. The molecule has 0 saturated carbocycles. The molecule has 6 heteroatoms. The van der Waals surface area contributed by atoms with Gasteiger partial charge in [-0.05, 0) is 36.1 Å². The van der Waals surface area contributed by atoms with E-state index in [1.165, 1.54) is 5.56 Å². The van der Waals surface area contributed by atoms with Gasteiger partial charge >= 0.3 is 0 Å². The zero-order valence-electron chi connectivity index (χ0n) is 17.1. The van der Waals surface area contributed by atoms with Crippen LogP contribution in [0.4, 0.5) is 0 Å². The predicted octanol–water partition coefficient (Wildman–Crippen LogP) is 3.75. The summed E-state index contributed by atoms with van der Waals surface area (Å²) >= 11 is 0. The summed E-state index contributed by atoms with van der Waals surface area (Å²) in [6, 6.07) is 19.8. The number of amides is 1. The number of carbonyl (C=O) groups excluding carboxylic acids is 1. The second-order valence-electron chi connectivity index (χ2n) is 7.65. The van der Waals surface area contributed by atoms with Crippen LogP contribution in [0.2, 0.25) is 0 Å². The predicted molar refractivity (Wildman–Crippen MR) is 113 cm³/mol. The molecule has 1 saturated heterocycles. The highest BCUT2D eigenvalue weighted by molar-refractivity contribution is 5.91. The molecule has 1 amide bonds. The van der Waals surface area contributed by atoms with Gasteiger partial charge in [0, 0.05) is 37.7 Å². The van der Waals surface area contributed by atoms with Crippen LogP contribution >= 0.6 is 0 Å². The minimum absolute atomic E-state index is 0.124. The van der Waals surface area contributed by atoms with Crippen LogP contribution in [-0.4, -0.2) is 37.9 Å². The molecule has 0 spiro atoms. The largest absolute Gasteiger partial charge is 0.497 e. The van der Waals surface area contributed by atoms with Crippen molar-refractivity contribution in [3.05, 3.63) is 83.2 Å². The van der Waals surface area contributed by atoms with Crippen LogP contribution in [-0.2, 0) is 16.6 Å². The molecular formula is C24H26N2O4. The molecule has 0 unspecified atom stereocenters. The van der Waals surface area contributed by atoms with Gasteiger partial charge in [0.1, 0.15) is 5.75 Å². The Balaban J connectivity index is 1.41. The first-order valence-electron chi connectivity index (χ1n) is 10.2. The van der Waals surface area contributed by atoms with Crippen LogP contribution in [0.15, 0.2) is 65.2 Å². The third-order valence-corrected chi connectivity index (χ3v) is 5.75. The fraction of sp³-hybridized carbons (Fsp3) is 0.333. The maximum atomic E-state index is 12.7. The van der Waals surface area contributed by atoms with E-state index in [4.69, 9.17) is 14.0 Å². The van der Waals surface area contributed by atoms with Gasteiger partial charge in [0.2, 0.25) is 5.76 Å². The molecule has 2 heterocycles. The molecule has 4 rings (SSSR count). The molecular weight excluding hydrogens is 380 g/mol. The minimum Gasteiger partial charge on any atom is -0.497 e. The molecule has 0 atom stereocenters. The van der Waals surface area contributed by atoms with Crippen molar-refractivity contribution < 1.29 is 18.8 Å². The second kappa shape index (κ2) is 9.13. The number of aromatic nitrogens is 1. The van der Waals surface area contributed by atoms with Gasteiger partial charge in [-0.2, -0.15) is 0 Å². The molecule has 3 aromatic rings. The topological polar surface area (TPSA) is 73.6 Å². The maximum Gasteiger partial charge on any atom is 0.289 e. The lowest BCUT2D eigenvalue weighted by Crippen LogP contribution is -2.44. The molecule has 1 aliphatic heterocycles. The van der Waals surface area contributed by atoms with E-state index in [9.17, 15) is 4.79 Å². The Labute approximate surface area is 176 Å². The summed E-state index contributed by atoms with van der Waals surface area (Å²) in [6.45, 7) is 1.92. The normalized spacial score (nSPS) is 15.5. The van der Waals surface area contributed by atoms with Gasteiger partial charge in [0.15, 0.2) is 0 Å². The third-order valence-electron chi connectivity index (χ3n) is 5.75. The van der Waals surface area contributed by atoms with Gasteiger partial charge in [-0.25, -0.2) is 0 Å². The van der Waals surface area contributed by atoms with Crippen LogP contribution in [0.3, 0.4) is 0 Å². The molecule has 1 fully saturated rings. The highest BCUT2D eigenvalue weighted by atomic mass is 16.5. The SMILES string of the molecule is COc1ccc(Cc2cc(C(=O)NCC3(c4ccccc4)CCOCC3)on2)cc1. The van der Waals surface area contributed by atoms with E-state index in [1.54, 1.807) is 13.2 Å². The smallest absolute Gasteiger partial charge is 0.289 e. The molecule has 0 bridgehead atoms. The van der Waals surface area contributed by atoms with Gasteiger partial charge in [-0.3, -0.25) is 4.79 Å². The summed E-state index contributed by atoms with van der Waals surface area (Å²) in [5.74, 6) is 0.790. The number of nitrogens with one attached hydrogen (secondary N) is 1. The number of nitrogens with zero attached hydrogens (tertiary/aromatic N) is 1. The van der Waals surface area contributed by atoms with Crippen LogP contribution in [0.5, 0.6) is 5.75 Å². The monoisotopic (exact) mass is 406 g/mol. The van der Waals surface area contributed by atoms with Gasteiger partial charge in [0.25, 0.3) is 5.91 Å². The molecule has 1 aliphatic rings. The quantitative estimate of drug-likeness (QED) is 0.647. The fourth-order valence-corrected chi connectivity index (χ4v) is 3.91. The Kier molecular flexibility index (Phi) is 6.14. The number of hydrogen-bond acceptors (Lipinski definition) is 5. The molecule has 2 aromatic carbocycles. The zero-order valence-corrected chi connectivity index (χ0v) is 17.1. The number of hydrogen-bond donors (Lipinski definition) is 1. The molecule has 1 aromatic heterocycles. The summed E-state index contributed by atoms with van der Waals surface area (Å²) in [6.07, 6.45) is 2.33. The zero-order chi connectivity index (χ0) is 20.8. The van der Waals surface area contributed by atoms with Crippen molar-refractivity contribution in [1.29, 1.82) is 0 Å². The Morgan fingerprint density at radius 3 is 2.53 bits per heavy atom. The van der Waals surface area contributed by atoms with Crippen molar-refractivity contribution in [3.63, 3.8) is 0 Å². The molecule has 0 aliphatic carbocycles. The second-order valence-corrected chi connectivity index (χ2v) is 7.65. The molecule has 156 valence electrons. The van der Waals surface area contributed by atoms with Crippen molar-refractivity contribution in [2.24, 2.45) is 0 Å². The number of rotatable bonds is 7. The summed E-state index contributed by atoms with van der Waals surface area (Å²) in [5.41, 5.74) is 2.89. The summed E-state index contributed by atoms with van der Waals surface area (Å²) < 4.78 is 16.1. The van der Waals surface area contributed by atoms with E-state index in [1.807, 2.05) is 42.5 Å². The first-order chi connectivity index (χ1) is 14.7. The standard InChI is InChI=1S/C24H26N2O4/c1-28-21-9-7-18(8-10-21)15-20-16-22(30-26-20)23(27)25-17-24(11-13-29-14-12-24)19-5-3-2-4-6-19/h2-10,16H,11-15,17H2,1H3,(H,25,27). The van der Waals surface area contributed by atoms with E-state index in [-0.39, 0.29) is 17.1 Å². The van der Waals surface area contributed by atoms with Gasteiger partial charge < -0.3 is 19.3 Å². The summed E-state index contributed by atoms with van der Waals surface area (Å²) in [7, 11) is 1.64. The van der Waals surface area contributed by atoms with Crippen molar-refractivity contribution in [1.82, 2.24) is 10.5 Å². The average Bonchev–Trinajstić information content (AvgIpc) is 3.28. The number of carbonyl (C=O) groups is 1. The van der Waals surface area contributed by atoms with Gasteiger partial charge in [-0.1, -0.05) is 47.6 Å². The molecule has 1 N–H and O–H groups in total. The Morgan fingerprint density at radius 2 is 1.83 bits per heavy atom. The summed E-state index contributed by atoms with van der Waals surface area (Å²) in [5, 5.41) is 7.11. The minimum atomic E-state index is -0.245. The molecule has 30 heavy (non-hydrogen) atoms. The van der Waals surface area contributed by atoms with Crippen molar-refractivity contribution in [2.45, 2.75) is 24.7 Å². The average molecular weight is 406 g/mol.